The summed E-state index contributed by atoms with van der Waals surface area (Å²) in [7, 11) is 1.16. The Morgan fingerprint density at radius 2 is 1.61 bits per heavy atom. The van der Waals surface area contributed by atoms with E-state index in [1.54, 1.807) is 0 Å². The molecule has 18 heavy (non-hydrogen) atoms. The topological polar surface area (TPSA) is 35.2 Å². The summed E-state index contributed by atoms with van der Waals surface area (Å²) in [5.41, 5.74) is 4.59. The fourth-order valence-electron chi connectivity index (χ4n) is 1.29. The van der Waals surface area contributed by atoms with Gasteiger partial charge in [0.1, 0.15) is 11.8 Å². The van der Waals surface area contributed by atoms with Crippen LogP contribution in [0, 0.1) is 0 Å². The zero-order valence-electron chi connectivity index (χ0n) is 9.17. The van der Waals surface area contributed by atoms with Crippen molar-refractivity contribution in [3.8, 4) is 5.75 Å². The van der Waals surface area contributed by atoms with Crippen LogP contribution < -0.4 is 10.5 Å². The highest BCUT2D eigenvalue weighted by Gasteiger charge is 2.62. The van der Waals surface area contributed by atoms with E-state index in [1.807, 2.05) is 0 Å². The van der Waals surface area contributed by atoms with E-state index in [4.69, 9.17) is 10.5 Å². The molecule has 104 valence electrons. The number of benzene rings is 1. The molecular weight excluding hydrogens is 281 g/mol. The quantitative estimate of drug-likeness (QED) is 0.867. The van der Waals surface area contributed by atoms with Crippen molar-refractivity contribution in [3.63, 3.8) is 0 Å². The summed E-state index contributed by atoms with van der Waals surface area (Å²) in [5, 5.41) is 0. The van der Waals surface area contributed by atoms with Crippen molar-refractivity contribution in [1.29, 1.82) is 0 Å². The highest BCUT2D eigenvalue weighted by molar-refractivity contribution is 5.85. The molecule has 0 bridgehead atoms. The smallest absolute Gasteiger partial charge is 0.455 e. The summed E-state index contributed by atoms with van der Waals surface area (Å²) in [6.45, 7) is 0. The first-order valence-electron chi connectivity index (χ1n) is 4.55. The van der Waals surface area contributed by atoms with Gasteiger partial charge in [0.2, 0.25) is 0 Å². The van der Waals surface area contributed by atoms with Crippen molar-refractivity contribution in [1.82, 2.24) is 0 Å². The second-order valence-corrected chi connectivity index (χ2v) is 3.34. The zero-order valence-corrected chi connectivity index (χ0v) is 9.99. The Bertz CT molecular complexity index is 396. The van der Waals surface area contributed by atoms with Gasteiger partial charge in [0.05, 0.1) is 7.11 Å². The van der Waals surface area contributed by atoms with E-state index < -0.39 is 23.7 Å². The second-order valence-electron chi connectivity index (χ2n) is 3.34. The monoisotopic (exact) mass is 291 g/mol. The van der Waals surface area contributed by atoms with Crippen LogP contribution in [0.25, 0.3) is 0 Å². The van der Waals surface area contributed by atoms with Gasteiger partial charge in [-0.25, -0.2) is 0 Å². The number of nitrogens with two attached hydrogens (primary N) is 1. The summed E-state index contributed by atoms with van der Waals surface area (Å²) in [6.07, 6.45) is -5.70. The normalized spacial score (nSPS) is 13.7. The number of rotatable bonds is 3. The molecule has 0 amide bonds. The molecule has 1 aromatic rings. The molecule has 2 nitrogen and oxygen atoms in total. The molecule has 0 spiro atoms. The van der Waals surface area contributed by atoms with Crippen LogP contribution in [0.1, 0.15) is 11.6 Å². The SMILES string of the molecule is COc1ccccc1[C@@H](N)C(F)(F)C(F)(F)F.Cl. The van der Waals surface area contributed by atoms with Crippen molar-refractivity contribution in [2.24, 2.45) is 5.73 Å². The predicted octanol–water partition coefficient (Wildman–Crippen LogP) is 3.31. The van der Waals surface area contributed by atoms with E-state index in [-0.39, 0.29) is 18.2 Å². The van der Waals surface area contributed by atoms with Gasteiger partial charge in [-0.1, -0.05) is 18.2 Å². The third-order valence-corrected chi connectivity index (χ3v) is 2.24. The van der Waals surface area contributed by atoms with E-state index >= 15 is 0 Å². The van der Waals surface area contributed by atoms with Crippen molar-refractivity contribution in [2.45, 2.75) is 18.1 Å². The molecule has 0 saturated carbocycles. The zero-order chi connectivity index (χ0) is 13.3. The van der Waals surface area contributed by atoms with Crippen LogP contribution in [0.3, 0.4) is 0 Å². The molecule has 2 N–H and O–H groups in total. The molecule has 0 aliphatic heterocycles. The molecule has 0 saturated heterocycles. The van der Waals surface area contributed by atoms with E-state index in [1.165, 1.54) is 18.2 Å². The maximum atomic E-state index is 13.0. The van der Waals surface area contributed by atoms with Crippen LogP contribution in [0.4, 0.5) is 22.0 Å². The molecule has 1 atom stereocenters. The molecule has 0 heterocycles. The lowest BCUT2D eigenvalue weighted by atomic mass is 10.00. The van der Waals surface area contributed by atoms with Gasteiger partial charge in [-0.2, -0.15) is 22.0 Å². The van der Waals surface area contributed by atoms with Crippen LogP contribution in [-0.4, -0.2) is 19.2 Å². The van der Waals surface area contributed by atoms with Crippen LogP contribution in [0.15, 0.2) is 24.3 Å². The Hall–Kier alpha value is -1.08. The van der Waals surface area contributed by atoms with Gasteiger partial charge in [0.25, 0.3) is 0 Å². The summed E-state index contributed by atoms with van der Waals surface area (Å²) in [6, 6.07) is 2.59. The van der Waals surface area contributed by atoms with Crippen molar-refractivity contribution in [3.05, 3.63) is 29.8 Å². The van der Waals surface area contributed by atoms with E-state index in [0.29, 0.717) is 0 Å². The predicted molar refractivity (Wildman–Crippen MR) is 58.2 cm³/mol. The number of hydrogen-bond acceptors (Lipinski definition) is 2. The van der Waals surface area contributed by atoms with Crippen molar-refractivity contribution >= 4 is 12.4 Å². The number of alkyl halides is 5. The van der Waals surface area contributed by atoms with E-state index in [2.05, 4.69) is 0 Å². The highest BCUT2D eigenvalue weighted by Crippen LogP contribution is 2.44. The lowest BCUT2D eigenvalue weighted by Gasteiger charge is -2.26. The Labute approximate surface area is 106 Å². The highest BCUT2D eigenvalue weighted by atomic mass is 35.5. The van der Waals surface area contributed by atoms with Crippen LogP contribution in [0.5, 0.6) is 5.75 Å². The molecule has 8 heteroatoms. The van der Waals surface area contributed by atoms with Gasteiger partial charge >= 0.3 is 12.1 Å². The summed E-state index contributed by atoms with van der Waals surface area (Å²) in [4.78, 5) is 0. The van der Waals surface area contributed by atoms with Crippen LogP contribution in [0.2, 0.25) is 0 Å². The minimum Gasteiger partial charge on any atom is -0.496 e. The summed E-state index contributed by atoms with van der Waals surface area (Å²) >= 11 is 0. The largest absolute Gasteiger partial charge is 0.496 e. The molecule has 0 unspecified atom stereocenters. The molecule has 0 aliphatic rings. The first kappa shape index (κ1) is 16.9. The lowest BCUT2D eigenvalue weighted by molar-refractivity contribution is -0.291. The minimum atomic E-state index is -5.70. The Balaban J connectivity index is 0.00000289. The maximum absolute atomic E-state index is 13.0. The summed E-state index contributed by atoms with van der Waals surface area (Å²) in [5.74, 6) is -5.12. The number of halogens is 6. The third kappa shape index (κ3) is 3.02. The molecule has 0 aromatic heterocycles. The van der Waals surface area contributed by atoms with Crippen molar-refractivity contribution in [2.75, 3.05) is 7.11 Å². The van der Waals surface area contributed by atoms with Gasteiger partial charge in [0, 0.05) is 5.56 Å². The average molecular weight is 292 g/mol. The number of methoxy groups -OCH3 is 1. The molecule has 0 radical (unpaired) electrons. The third-order valence-electron chi connectivity index (χ3n) is 2.24. The van der Waals surface area contributed by atoms with Crippen LogP contribution in [-0.2, 0) is 0 Å². The van der Waals surface area contributed by atoms with Gasteiger partial charge in [-0.05, 0) is 6.07 Å². The molecule has 0 fully saturated rings. The van der Waals surface area contributed by atoms with Crippen molar-refractivity contribution < 1.29 is 26.7 Å². The number of para-hydroxylation sites is 1. The summed E-state index contributed by atoms with van der Waals surface area (Å²) < 4.78 is 67.1. The minimum absolute atomic E-state index is 0. The fraction of sp³-hybridized carbons (Fsp3) is 0.400. The van der Waals surface area contributed by atoms with Gasteiger partial charge in [-0.15, -0.1) is 12.4 Å². The Morgan fingerprint density at radius 1 is 1.11 bits per heavy atom. The second kappa shape index (κ2) is 5.71. The van der Waals surface area contributed by atoms with Gasteiger partial charge in [0.15, 0.2) is 0 Å². The first-order valence-corrected chi connectivity index (χ1v) is 4.55. The fourth-order valence-corrected chi connectivity index (χ4v) is 1.29. The van der Waals surface area contributed by atoms with E-state index in [0.717, 1.165) is 13.2 Å². The molecule has 0 aliphatic carbocycles. The standard InChI is InChI=1S/C10H10F5NO.ClH/c1-17-7-5-3-2-4-6(7)8(16)9(11,12)10(13,14)15;/h2-5,8H,16H2,1H3;1H/t8-;/m1./s1. The first-order chi connectivity index (χ1) is 7.71. The number of hydrogen-bond donors (Lipinski definition) is 1. The molecule has 1 rings (SSSR count). The molecule has 1 aromatic carbocycles. The Kier molecular flexibility index (Phi) is 5.36. The Morgan fingerprint density at radius 3 is 2.06 bits per heavy atom. The van der Waals surface area contributed by atoms with Gasteiger partial charge in [-0.3, -0.25) is 0 Å². The number of ether oxygens (including phenoxy) is 1. The van der Waals surface area contributed by atoms with Gasteiger partial charge < -0.3 is 10.5 Å². The average Bonchev–Trinajstić information content (AvgIpc) is 2.26. The maximum Gasteiger partial charge on any atom is 0.455 e. The molecular formula is C10H11ClF5NO. The van der Waals surface area contributed by atoms with Crippen LogP contribution >= 0.6 is 12.4 Å². The lowest BCUT2D eigenvalue weighted by Crippen LogP contribution is -2.45. The van der Waals surface area contributed by atoms with E-state index in [9.17, 15) is 22.0 Å².